The van der Waals surface area contributed by atoms with Crippen molar-refractivity contribution in [2.75, 3.05) is 0 Å². The molecule has 0 spiro atoms. The van der Waals surface area contributed by atoms with Gasteiger partial charge in [-0.25, -0.2) is 4.79 Å². The van der Waals surface area contributed by atoms with Crippen LogP contribution in [0.5, 0.6) is 0 Å². The Kier molecular flexibility index (Phi) is 6.00. The third kappa shape index (κ3) is 4.52. The number of carbonyl (C=O) groups is 2. The lowest BCUT2D eigenvalue weighted by molar-refractivity contribution is -0.151. The molecule has 3 rings (SSSR count). The molecule has 0 aliphatic rings. The number of ether oxygens (including phenoxy) is 1. The number of amides is 1. The summed E-state index contributed by atoms with van der Waals surface area (Å²) in [5.41, 5.74) is 0.950. The fourth-order valence-electron chi connectivity index (χ4n) is 2.32. The standard InChI is InChI=1S/C19H17ClN4O4/c1-11(22-17(25)14-7-3-4-8-15(14)20)19(26)27-12(2)18-23-16(24-28-18)13-6-5-9-21-10-13/h3-12H,1-2H3,(H,22,25)/t11-,12?/m0/s1. The van der Waals surface area contributed by atoms with Crippen molar-refractivity contribution in [3.05, 3.63) is 65.3 Å². The summed E-state index contributed by atoms with van der Waals surface area (Å²) < 4.78 is 10.5. The van der Waals surface area contributed by atoms with Crippen LogP contribution in [0.2, 0.25) is 5.02 Å². The molecule has 1 unspecified atom stereocenters. The number of esters is 1. The molecule has 0 fully saturated rings. The van der Waals surface area contributed by atoms with Crippen LogP contribution in [0.15, 0.2) is 53.3 Å². The summed E-state index contributed by atoms with van der Waals surface area (Å²) >= 11 is 5.99. The fraction of sp³-hybridized carbons (Fsp3) is 0.211. The van der Waals surface area contributed by atoms with Crippen LogP contribution < -0.4 is 5.32 Å². The molecule has 2 aromatic heterocycles. The van der Waals surface area contributed by atoms with E-state index in [0.717, 1.165) is 0 Å². The third-order valence-electron chi connectivity index (χ3n) is 3.82. The maximum absolute atomic E-state index is 12.3. The van der Waals surface area contributed by atoms with Crippen LogP contribution in [0.3, 0.4) is 0 Å². The van der Waals surface area contributed by atoms with Crippen LogP contribution in [0.25, 0.3) is 11.4 Å². The first-order valence-electron chi connectivity index (χ1n) is 8.45. The van der Waals surface area contributed by atoms with Crippen molar-refractivity contribution >= 4 is 23.5 Å². The highest BCUT2D eigenvalue weighted by Crippen LogP contribution is 2.20. The first kappa shape index (κ1) is 19.5. The van der Waals surface area contributed by atoms with Gasteiger partial charge in [0.15, 0.2) is 6.10 Å². The van der Waals surface area contributed by atoms with E-state index in [1.165, 1.54) is 6.92 Å². The number of pyridine rings is 1. The monoisotopic (exact) mass is 400 g/mol. The molecule has 0 saturated heterocycles. The molecule has 0 bridgehead atoms. The minimum atomic E-state index is -0.896. The number of carbonyl (C=O) groups excluding carboxylic acids is 2. The van der Waals surface area contributed by atoms with E-state index in [4.69, 9.17) is 20.9 Å². The Morgan fingerprint density at radius 2 is 1.96 bits per heavy atom. The number of hydrogen-bond acceptors (Lipinski definition) is 7. The van der Waals surface area contributed by atoms with Gasteiger partial charge in [-0.2, -0.15) is 4.98 Å². The smallest absolute Gasteiger partial charge is 0.329 e. The minimum absolute atomic E-state index is 0.136. The highest BCUT2D eigenvalue weighted by atomic mass is 35.5. The Labute approximate surface area is 165 Å². The zero-order chi connectivity index (χ0) is 20.1. The normalized spacial score (nSPS) is 12.8. The molecule has 3 aromatic rings. The molecule has 9 heteroatoms. The highest BCUT2D eigenvalue weighted by Gasteiger charge is 2.24. The second kappa shape index (κ2) is 8.62. The van der Waals surface area contributed by atoms with E-state index in [-0.39, 0.29) is 11.5 Å². The number of halogens is 1. The van der Waals surface area contributed by atoms with E-state index in [1.807, 2.05) is 0 Å². The molecule has 1 N–H and O–H groups in total. The number of aromatic nitrogens is 3. The molecule has 0 saturated carbocycles. The van der Waals surface area contributed by atoms with Crippen LogP contribution >= 0.6 is 11.6 Å². The second-order valence-electron chi connectivity index (χ2n) is 5.95. The van der Waals surface area contributed by atoms with Crippen molar-refractivity contribution in [1.82, 2.24) is 20.4 Å². The van der Waals surface area contributed by atoms with Gasteiger partial charge in [0.25, 0.3) is 11.8 Å². The lowest BCUT2D eigenvalue weighted by Crippen LogP contribution is -2.40. The molecular formula is C19H17ClN4O4. The Bertz CT molecular complexity index is 977. The molecule has 0 radical (unpaired) electrons. The summed E-state index contributed by atoms with van der Waals surface area (Å²) in [5.74, 6) is -0.642. The maximum atomic E-state index is 12.3. The summed E-state index contributed by atoms with van der Waals surface area (Å²) in [6.45, 7) is 3.11. The average molecular weight is 401 g/mol. The lowest BCUT2D eigenvalue weighted by Gasteiger charge is -2.16. The van der Waals surface area contributed by atoms with Gasteiger partial charge in [-0.3, -0.25) is 9.78 Å². The van der Waals surface area contributed by atoms with Crippen molar-refractivity contribution in [2.45, 2.75) is 26.0 Å². The van der Waals surface area contributed by atoms with Crippen LogP contribution in [0.1, 0.15) is 36.2 Å². The molecule has 144 valence electrons. The quantitative estimate of drug-likeness (QED) is 0.633. The van der Waals surface area contributed by atoms with Gasteiger partial charge in [-0.05, 0) is 38.1 Å². The largest absolute Gasteiger partial charge is 0.451 e. The third-order valence-corrected chi connectivity index (χ3v) is 4.15. The SMILES string of the molecule is CC(OC(=O)[C@H](C)NC(=O)c1ccccc1Cl)c1nc(-c2cccnc2)no1. The summed E-state index contributed by atoms with van der Waals surface area (Å²) in [7, 11) is 0. The number of nitrogens with zero attached hydrogens (tertiary/aromatic N) is 3. The maximum Gasteiger partial charge on any atom is 0.329 e. The molecule has 8 nitrogen and oxygen atoms in total. The van der Waals surface area contributed by atoms with E-state index in [1.54, 1.807) is 55.7 Å². The molecule has 1 aromatic carbocycles. The average Bonchev–Trinajstić information content (AvgIpc) is 3.19. The molecule has 2 heterocycles. The molecule has 0 aliphatic heterocycles. The summed E-state index contributed by atoms with van der Waals surface area (Å²) in [4.78, 5) is 32.7. The van der Waals surface area contributed by atoms with Gasteiger partial charge >= 0.3 is 5.97 Å². The number of hydrogen-bond donors (Lipinski definition) is 1. The zero-order valence-corrected chi connectivity index (χ0v) is 15.9. The van der Waals surface area contributed by atoms with Gasteiger partial charge in [-0.1, -0.05) is 28.9 Å². The van der Waals surface area contributed by atoms with Gasteiger partial charge in [0, 0.05) is 18.0 Å². The topological polar surface area (TPSA) is 107 Å². The summed E-state index contributed by atoms with van der Waals surface area (Å²) in [6, 6.07) is 9.19. The fourth-order valence-corrected chi connectivity index (χ4v) is 2.54. The summed E-state index contributed by atoms with van der Waals surface area (Å²) in [6.07, 6.45) is 2.44. The molecule has 28 heavy (non-hydrogen) atoms. The van der Waals surface area contributed by atoms with Gasteiger partial charge in [0.1, 0.15) is 6.04 Å². The second-order valence-corrected chi connectivity index (χ2v) is 6.36. The van der Waals surface area contributed by atoms with Crippen molar-refractivity contribution in [2.24, 2.45) is 0 Å². The summed E-state index contributed by atoms with van der Waals surface area (Å²) in [5, 5.41) is 6.70. The Balaban J connectivity index is 1.60. The predicted octanol–water partition coefficient (Wildman–Crippen LogP) is 3.21. The number of rotatable bonds is 6. The van der Waals surface area contributed by atoms with Gasteiger partial charge < -0.3 is 14.6 Å². The van der Waals surface area contributed by atoms with Crippen molar-refractivity contribution in [3.8, 4) is 11.4 Å². The first-order chi connectivity index (χ1) is 13.5. The number of benzene rings is 1. The predicted molar refractivity (Wildman–Crippen MR) is 100 cm³/mol. The van der Waals surface area contributed by atoms with Crippen molar-refractivity contribution in [3.63, 3.8) is 0 Å². The number of nitrogens with one attached hydrogen (secondary N) is 1. The van der Waals surface area contributed by atoms with Crippen LogP contribution in [0.4, 0.5) is 0 Å². The van der Waals surface area contributed by atoms with Crippen molar-refractivity contribution < 1.29 is 18.8 Å². The molecule has 2 atom stereocenters. The van der Waals surface area contributed by atoms with E-state index < -0.39 is 24.0 Å². The molecule has 0 aliphatic carbocycles. The van der Waals surface area contributed by atoms with E-state index in [9.17, 15) is 9.59 Å². The lowest BCUT2D eigenvalue weighted by atomic mass is 10.2. The van der Waals surface area contributed by atoms with E-state index >= 15 is 0 Å². The highest BCUT2D eigenvalue weighted by molar-refractivity contribution is 6.33. The van der Waals surface area contributed by atoms with Crippen LogP contribution in [0, 0.1) is 0 Å². The van der Waals surface area contributed by atoms with Crippen molar-refractivity contribution in [1.29, 1.82) is 0 Å². The van der Waals surface area contributed by atoms with E-state index in [2.05, 4.69) is 20.4 Å². The Morgan fingerprint density at radius 3 is 2.68 bits per heavy atom. The Morgan fingerprint density at radius 1 is 1.18 bits per heavy atom. The molecular weight excluding hydrogens is 384 g/mol. The van der Waals surface area contributed by atoms with E-state index in [0.29, 0.717) is 16.4 Å². The van der Waals surface area contributed by atoms with Gasteiger partial charge in [0.05, 0.1) is 10.6 Å². The van der Waals surface area contributed by atoms with Crippen LogP contribution in [-0.2, 0) is 9.53 Å². The van der Waals surface area contributed by atoms with Crippen LogP contribution in [-0.4, -0.2) is 33.0 Å². The zero-order valence-electron chi connectivity index (χ0n) is 15.1. The first-order valence-corrected chi connectivity index (χ1v) is 8.83. The molecule has 1 amide bonds. The minimum Gasteiger partial charge on any atom is -0.451 e. The van der Waals surface area contributed by atoms with Gasteiger partial charge in [0.2, 0.25) is 5.82 Å². The Hall–Kier alpha value is -3.26. The van der Waals surface area contributed by atoms with Gasteiger partial charge in [-0.15, -0.1) is 0 Å².